The molecule has 1 N–H and O–H groups in total. The van der Waals surface area contributed by atoms with Crippen molar-refractivity contribution in [3.8, 4) is 0 Å². The molecule has 2 rings (SSSR count). The Morgan fingerprint density at radius 2 is 1.81 bits per heavy atom. The summed E-state index contributed by atoms with van der Waals surface area (Å²) in [5.41, 5.74) is 2.03. The first kappa shape index (κ1) is 16.5. The second-order valence-electron chi connectivity index (χ2n) is 5.95. The van der Waals surface area contributed by atoms with E-state index in [-0.39, 0.29) is 11.9 Å². The van der Waals surface area contributed by atoms with Gasteiger partial charge < -0.3 is 5.32 Å². The third kappa shape index (κ3) is 4.82. The van der Waals surface area contributed by atoms with Crippen molar-refractivity contribution in [1.29, 1.82) is 0 Å². The fourth-order valence-electron chi connectivity index (χ4n) is 2.78. The second kappa shape index (κ2) is 7.95. The van der Waals surface area contributed by atoms with Crippen LogP contribution in [0.15, 0.2) is 22.7 Å². The van der Waals surface area contributed by atoms with Crippen molar-refractivity contribution in [3.05, 3.63) is 28.2 Å². The van der Waals surface area contributed by atoms with Gasteiger partial charge >= 0.3 is 0 Å². The zero-order valence-corrected chi connectivity index (χ0v) is 14.6. The molecule has 0 bridgehead atoms. The number of carbonyl (C=O) groups excluding carboxylic acids is 1. The molecule has 1 unspecified atom stereocenters. The summed E-state index contributed by atoms with van der Waals surface area (Å²) in [7, 11) is 0. The summed E-state index contributed by atoms with van der Waals surface area (Å²) < 4.78 is 0.940. The molecule has 1 saturated heterocycles. The highest BCUT2D eigenvalue weighted by atomic mass is 79.9. The lowest BCUT2D eigenvalue weighted by atomic mass is 10.1. The van der Waals surface area contributed by atoms with E-state index in [0.717, 1.165) is 23.2 Å². The number of hydrogen-bond donors (Lipinski definition) is 1. The van der Waals surface area contributed by atoms with Crippen molar-refractivity contribution in [2.45, 2.75) is 52.0 Å². The van der Waals surface area contributed by atoms with Crippen LogP contribution in [0.25, 0.3) is 0 Å². The molecule has 116 valence electrons. The lowest BCUT2D eigenvalue weighted by molar-refractivity contribution is -0.120. The number of likely N-dealkylation sites (tertiary alicyclic amines) is 1. The van der Waals surface area contributed by atoms with Gasteiger partial charge in [0.15, 0.2) is 0 Å². The van der Waals surface area contributed by atoms with E-state index in [9.17, 15) is 4.79 Å². The van der Waals surface area contributed by atoms with E-state index in [1.807, 2.05) is 32.0 Å². The molecule has 21 heavy (non-hydrogen) atoms. The second-order valence-corrected chi connectivity index (χ2v) is 6.81. The molecule has 0 spiro atoms. The third-order valence-corrected chi connectivity index (χ3v) is 4.86. The molecule has 3 nitrogen and oxygen atoms in total. The number of anilines is 1. The minimum atomic E-state index is -0.0729. The van der Waals surface area contributed by atoms with E-state index >= 15 is 0 Å². The van der Waals surface area contributed by atoms with Gasteiger partial charge in [-0.3, -0.25) is 9.69 Å². The summed E-state index contributed by atoms with van der Waals surface area (Å²) in [6, 6.07) is 5.92. The fraction of sp³-hybridized carbons (Fsp3) is 0.588. The normalized spacial score (nSPS) is 18.6. The monoisotopic (exact) mass is 352 g/mol. The van der Waals surface area contributed by atoms with Gasteiger partial charge in [-0.05, 0) is 73.4 Å². The maximum Gasteiger partial charge on any atom is 0.241 e. The number of carbonyl (C=O) groups is 1. The minimum Gasteiger partial charge on any atom is -0.324 e. The molecule has 1 aliphatic heterocycles. The Morgan fingerprint density at radius 1 is 1.19 bits per heavy atom. The third-order valence-electron chi connectivity index (χ3n) is 4.20. The van der Waals surface area contributed by atoms with Crippen molar-refractivity contribution in [3.63, 3.8) is 0 Å². The molecule has 0 radical (unpaired) electrons. The van der Waals surface area contributed by atoms with Gasteiger partial charge in [-0.2, -0.15) is 0 Å². The maximum absolute atomic E-state index is 12.5. The van der Waals surface area contributed by atoms with Gasteiger partial charge in [0.25, 0.3) is 0 Å². The zero-order chi connectivity index (χ0) is 15.2. The lowest BCUT2D eigenvalue weighted by Gasteiger charge is -2.29. The van der Waals surface area contributed by atoms with Crippen LogP contribution in [0.5, 0.6) is 0 Å². The molecule has 1 aromatic carbocycles. The van der Waals surface area contributed by atoms with Gasteiger partial charge in [-0.25, -0.2) is 0 Å². The summed E-state index contributed by atoms with van der Waals surface area (Å²) in [5.74, 6) is 0.0835. The maximum atomic E-state index is 12.5. The van der Waals surface area contributed by atoms with Crippen molar-refractivity contribution >= 4 is 27.5 Å². The fourth-order valence-corrected chi connectivity index (χ4v) is 3.38. The highest BCUT2D eigenvalue weighted by molar-refractivity contribution is 9.10. The molecular weight excluding hydrogens is 328 g/mol. The van der Waals surface area contributed by atoms with Crippen LogP contribution in [-0.2, 0) is 4.79 Å². The summed E-state index contributed by atoms with van der Waals surface area (Å²) >= 11 is 3.52. The number of hydrogen-bond acceptors (Lipinski definition) is 2. The molecule has 1 amide bonds. The number of nitrogens with one attached hydrogen (secondary N) is 1. The standard InChI is InChI=1S/C17H25BrN2O/c1-13-8-9-16(15(18)12-13)19-17(21)14(2)20-10-6-4-3-5-7-11-20/h8-9,12,14H,3-7,10-11H2,1-2H3,(H,19,21). The molecule has 4 heteroatoms. The van der Waals surface area contributed by atoms with Crippen LogP contribution in [0.4, 0.5) is 5.69 Å². The quantitative estimate of drug-likeness (QED) is 0.876. The first-order chi connectivity index (χ1) is 10.1. The van der Waals surface area contributed by atoms with E-state index in [0.29, 0.717) is 0 Å². The van der Waals surface area contributed by atoms with Crippen LogP contribution in [0.3, 0.4) is 0 Å². The summed E-state index contributed by atoms with van der Waals surface area (Å²) in [5, 5.41) is 3.04. The lowest BCUT2D eigenvalue weighted by Crippen LogP contribution is -2.43. The van der Waals surface area contributed by atoms with Gasteiger partial charge in [0.1, 0.15) is 0 Å². The predicted octanol–water partition coefficient (Wildman–Crippen LogP) is 4.35. The van der Waals surface area contributed by atoms with Crippen LogP contribution in [-0.4, -0.2) is 29.9 Å². The minimum absolute atomic E-state index is 0.0729. The Labute approximate surface area is 136 Å². The van der Waals surface area contributed by atoms with E-state index < -0.39 is 0 Å². The number of rotatable bonds is 3. The first-order valence-electron chi connectivity index (χ1n) is 7.89. The summed E-state index contributed by atoms with van der Waals surface area (Å²) in [6.07, 6.45) is 6.31. The van der Waals surface area contributed by atoms with Crippen molar-refractivity contribution in [1.82, 2.24) is 4.90 Å². The van der Waals surface area contributed by atoms with E-state index in [1.165, 1.54) is 37.7 Å². The molecule has 0 saturated carbocycles. The molecule has 1 aliphatic rings. The zero-order valence-electron chi connectivity index (χ0n) is 13.0. The van der Waals surface area contributed by atoms with Gasteiger partial charge in [-0.15, -0.1) is 0 Å². The first-order valence-corrected chi connectivity index (χ1v) is 8.68. The van der Waals surface area contributed by atoms with E-state index in [1.54, 1.807) is 0 Å². The molecule has 1 heterocycles. The van der Waals surface area contributed by atoms with Gasteiger partial charge in [-0.1, -0.05) is 25.3 Å². The smallest absolute Gasteiger partial charge is 0.241 e. The highest BCUT2D eigenvalue weighted by Crippen LogP contribution is 2.24. The number of halogens is 1. The summed E-state index contributed by atoms with van der Waals surface area (Å²) in [6.45, 7) is 6.12. The molecular formula is C17H25BrN2O. The summed E-state index contributed by atoms with van der Waals surface area (Å²) in [4.78, 5) is 14.8. The van der Waals surface area contributed by atoms with Crippen LogP contribution in [0.2, 0.25) is 0 Å². The van der Waals surface area contributed by atoms with Crippen LogP contribution >= 0.6 is 15.9 Å². The van der Waals surface area contributed by atoms with Gasteiger partial charge in [0.2, 0.25) is 5.91 Å². The Balaban J connectivity index is 1.97. The van der Waals surface area contributed by atoms with Gasteiger partial charge in [0.05, 0.1) is 11.7 Å². The predicted molar refractivity (Wildman–Crippen MR) is 91.6 cm³/mol. The SMILES string of the molecule is Cc1ccc(NC(=O)C(C)N2CCCCCCC2)c(Br)c1. The Bertz CT molecular complexity index is 482. The van der Waals surface area contributed by atoms with E-state index in [4.69, 9.17) is 0 Å². The molecule has 1 atom stereocenters. The van der Waals surface area contributed by atoms with Crippen LogP contribution < -0.4 is 5.32 Å². The number of aryl methyl sites for hydroxylation is 1. The Hall–Kier alpha value is -0.870. The molecule has 1 fully saturated rings. The number of nitrogens with zero attached hydrogens (tertiary/aromatic N) is 1. The van der Waals surface area contributed by atoms with Gasteiger partial charge in [0, 0.05) is 4.47 Å². The largest absolute Gasteiger partial charge is 0.324 e. The van der Waals surface area contributed by atoms with Crippen LogP contribution in [0.1, 0.15) is 44.6 Å². The molecule has 1 aromatic rings. The molecule has 0 aromatic heterocycles. The highest BCUT2D eigenvalue weighted by Gasteiger charge is 2.22. The van der Waals surface area contributed by atoms with Crippen molar-refractivity contribution in [2.75, 3.05) is 18.4 Å². The number of amides is 1. The van der Waals surface area contributed by atoms with Crippen LogP contribution in [0, 0.1) is 6.92 Å². The average molecular weight is 353 g/mol. The molecule has 0 aliphatic carbocycles. The van der Waals surface area contributed by atoms with E-state index in [2.05, 4.69) is 26.1 Å². The topological polar surface area (TPSA) is 32.3 Å². The Morgan fingerprint density at radius 3 is 2.43 bits per heavy atom. The van der Waals surface area contributed by atoms with Crippen molar-refractivity contribution in [2.24, 2.45) is 0 Å². The average Bonchev–Trinajstić information content (AvgIpc) is 2.41. The number of benzene rings is 1. The Kier molecular flexibility index (Phi) is 6.24. The van der Waals surface area contributed by atoms with Crippen molar-refractivity contribution < 1.29 is 4.79 Å².